The number of amides is 1. The number of methoxy groups -OCH3 is 1. The molecule has 29 heavy (non-hydrogen) atoms. The molecule has 0 aliphatic heterocycles. The summed E-state index contributed by atoms with van der Waals surface area (Å²) < 4.78 is 15.2. The fourth-order valence-corrected chi connectivity index (χ4v) is 2.46. The lowest BCUT2D eigenvalue weighted by Crippen LogP contribution is -2.23. The molecule has 1 N–H and O–H groups in total. The molecule has 0 fully saturated rings. The summed E-state index contributed by atoms with van der Waals surface area (Å²) in [4.78, 5) is 34.4. The summed E-state index contributed by atoms with van der Waals surface area (Å²) in [5.74, 6) is -0.303. The molecule has 0 atom stereocenters. The molecule has 0 unspecified atom stereocenters. The number of carbonyl (C=O) groups excluding carboxylic acids is 3. The highest BCUT2D eigenvalue weighted by Crippen LogP contribution is 2.29. The molecule has 152 valence electrons. The maximum atomic E-state index is 12.0. The van der Waals surface area contributed by atoms with Gasteiger partial charge in [-0.3, -0.25) is 14.4 Å². The highest BCUT2D eigenvalue weighted by Gasteiger charge is 2.10. The van der Waals surface area contributed by atoms with Gasteiger partial charge in [0.2, 0.25) is 5.91 Å². The van der Waals surface area contributed by atoms with Crippen molar-refractivity contribution >= 4 is 23.9 Å². The van der Waals surface area contributed by atoms with Gasteiger partial charge in [-0.25, -0.2) is 0 Å². The number of rotatable bonds is 8. The second-order valence-corrected chi connectivity index (χ2v) is 6.12. The molecule has 7 heteroatoms. The average molecular weight is 397 g/mol. The van der Waals surface area contributed by atoms with E-state index in [1.807, 2.05) is 24.3 Å². The molecule has 0 heterocycles. The average Bonchev–Trinajstić information content (AvgIpc) is 2.68. The van der Waals surface area contributed by atoms with Crippen LogP contribution in [0.3, 0.4) is 0 Å². The fourth-order valence-electron chi connectivity index (χ4n) is 2.46. The highest BCUT2D eigenvalue weighted by molar-refractivity contribution is 5.91. The van der Waals surface area contributed by atoms with Crippen molar-refractivity contribution in [3.8, 4) is 17.2 Å². The summed E-state index contributed by atoms with van der Waals surface area (Å²) in [7, 11) is 1.61. The third-order valence-electron chi connectivity index (χ3n) is 3.77. The van der Waals surface area contributed by atoms with Crippen LogP contribution in [0, 0.1) is 0 Å². The van der Waals surface area contributed by atoms with Gasteiger partial charge in [0.25, 0.3) is 0 Å². The van der Waals surface area contributed by atoms with Crippen molar-refractivity contribution in [1.82, 2.24) is 5.32 Å². The molecule has 2 rings (SSSR count). The van der Waals surface area contributed by atoms with E-state index in [0.717, 1.165) is 11.3 Å². The zero-order valence-corrected chi connectivity index (χ0v) is 16.6. The minimum Gasteiger partial charge on any atom is -0.497 e. The van der Waals surface area contributed by atoms with Gasteiger partial charge in [0.05, 0.1) is 7.11 Å². The monoisotopic (exact) mass is 397 g/mol. The van der Waals surface area contributed by atoms with Crippen molar-refractivity contribution in [2.24, 2.45) is 0 Å². The van der Waals surface area contributed by atoms with Crippen LogP contribution < -0.4 is 19.5 Å². The van der Waals surface area contributed by atoms with Crippen molar-refractivity contribution in [1.29, 1.82) is 0 Å². The van der Waals surface area contributed by atoms with Gasteiger partial charge in [0.15, 0.2) is 11.5 Å². The maximum absolute atomic E-state index is 12.0. The van der Waals surface area contributed by atoms with Gasteiger partial charge in [-0.1, -0.05) is 18.2 Å². The summed E-state index contributed by atoms with van der Waals surface area (Å²) in [6.07, 6.45) is 3.65. The Balaban J connectivity index is 1.93. The Labute approximate surface area is 169 Å². The topological polar surface area (TPSA) is 90.9 Å². The molecule has 0 radical (unpaired) electrons. The van der Waals surface area contributed by atoms with Gasteiger partial charge in [-0.15, -0.1) is 0 Å². The van der Waals surface area contributed by atoms with E-state index in [9.17, 15) is 14.4 Å². The number of benzene rings is 2. The van der Waals surface area contributed by atoms with E-state index in [1.54, 1.807) is 19.3 Å². The Morgan fingerprint density at radius 2 is 1.59 bits per heavy atom. The molecule has 1 amide bonds. The lowest BCUT2D eigenvalue weighted by atomic mass is 10.1. The molecule has 0 spiro atoms. The predicted octanol–water partition coefficient (Wildman–Crippen LogP) is 2.92. The zero-order chi connectivity index (χ0) is 21.2. The molecule has 0 aliphatic rings. The number of hydrogen-bond acceptors (Lipinski definition) is 6. The lowest BCUT2D eigenvalue weighted by molar-refractivity contribution is -0.134. The second kappa shape index (κ2) is 10.7. The SMILES string of the molecule is COc1ccc(CCNC(=O)/C=C/c2ccc(OC(C)=O)c(OC(C)=O)c2)cc1. The van der Waals surface area contributed by atoms with E-state index in [4.69, 9.17) is 14.2 Å². The molecule has 2 aromatic rings. The lowest BCUT2D eigenvalue weighted by Gasteiger charge is -2.09. The van der Waals surface area contributed by atoms with Crippen molar-refractivity contribution in [2.75, 3.05) is 13.7 Å². The molecule has 0 aliphatic carbocycles. The molecular weight excluding hydrogens is 374 g/mol. The van der Waals surface area contributed by atoms with E-state index >= 15 is 0 Å². The van der Waals surface area contributed by atoms with Crippen LogP contribution >= 0.6 is 0 Å². The largest absolute Gasteiger partial charge is 0.497 e. The molecule has 0 saturated carbocycles. The summed E-state index contributed by atoms with van der Waals surface area (Å²) in [6.45, 7) is 2.98. The zero-order valence-electron chi connectivity index (χ0n) is 16.6. The number of esters is 2. The molecule has 7 nitrogen and oxygen atoms in total. The minimum atomic E-state index is -0.546. The Morgan fingerprint density at radius 3 is 2.21 bits per heavy atom. The van der Waals surface area contributed by atoms with Crippen LogP contribution in [0.1, 0.15) is 25.0 Å². The third-order valence-corrected chi connectivity index (χ3v) is 3.77. The number of hydrogen-bond donors (Lipinski definition) is 1. The van der Waals surface area contributed by atoms with Crippen LogP contribution in [0.4, 0.5) is 0 Å². The maximum Gasteiger partial charge on any atom is 0.308 e. The van der Waals surface area contributed by atoms with Crippen LogP contribution in [0.5, 0.6) is 17.2 Å². The first-order valence-corrected chi connectivity index (χ1v) is 8.97. The van der Waals surface area contributed by atoms with Gasteiger partial charge in [-0.2, -0.15) is 0 Å². The normalized spacial score (nSPS) is 10.4. The molecule has 0 saturated heterocycles. The van der Waals surface area contributed by atoms with Crippen LogP contribution in [-0.4, -0.2) is 31.5 Å². The standard InChI is InChI=1S/C22H23NO6/c1-15(24)28-20-10-6-18(14-21(20)29-16(2)25)7-11-22(26)23-13-12-17-4-8-19(27-3)9-5-17/h4-11,14H,12-13H2,1-3H3,(H,23,26)/b11-7+. The van der Waals surface area contributed by atoms with E-state index in [-0.39, 0.29) is 17.4 Å². The number of ether oxygens (including phenoxy) is 3. The third kappa shape index (κ3) is 7.50. The Hall–Kier alpha value is -3.61. The Morgan fingerprint density at radius 1 is 0.931 bits per heavy atom. The van der Waals surface area contributed by atoms with Crippen molar-refractivity contribution < 1.29 is 28.6 Å². The quantitative estimate of drug-likeness (QED) is 0.418. The minimum absolute atomic E-state index is 0.106. The summed E-state index contributed by atoms with van der Waals surface area (Å²) in [6, 6.07) is 12.3. The van der Waals surface area contributed by atoms with Crippen molar-refractivity contribution in [2.45, 2.75) is 20.3 Å². The van der Waals surface area contributed by atoms with Crippen molar-refractivity contribution in [3.05, 3.63) is 59.7 Å². The summed E-state index contributed by atoms with van der Waals surface area (Å²) in [5.41, 5.74) is 1.70. The summed E-state index contributed by atoms with van der Waals surface area (Å²) in [5, 5.41) is 2.80. The van der Waals surface area contributed by atoms with Gasteiger partial charge < -0.3 is 19.5 Å². The molecular formula is C22H23NO6. The highest BCUT2D eigenvalue weighted by atomic mass is 16.6. The van der Waals surface area contributed by atoms with Gasteiger partial charge >= 0.3 is 11.9 Å². The summed E-state index contributed by atoms with van der Waals surface area (Å²) >= 11 is 0. The van der Waals surface area contributed by atoms with Gasteiger partial charge in [0.1, 0.15) is 5.75 Å². The Kier molecular flexibility index (Phi) is 7.97. The smallest absolute Gasteiger partial charge is 0.308 e. The molecule has 0 aromatic heterocycles. The first-order chi connectivity index (χ1) is 13.9. The van der Waals surface area contributed by atoms with Crippen molar-refractivity contribution in [3.63, 3.8) is 0 Å². The van der Waals surface area contributed by atoms with Gasteiger partial charge in [-0.05, 0) is 47.9 Å². The van der Waals surface area contributed by atoms with Crippen LogP contribution in [-0.2, 0) is 20.8 Å². The van der Waals surface area contributed by atoms with E-state index < -0.39 is 11.9 Å². The predicted molar refractivity (Wildman–Crippen MR) is 108 cm³/mol. The van der Waals surface area contributed by atoms with Crippen LogP contribution in [0.2, 0.25) is 0 Å². The number of carbonyl (C=O) groups is 3. The van der Waals surface area contributed by atoms with Crippen LogP contribution in [0.15, 0.2) is 48.5 Å². The van der Waals surface area contributed by atoms with Gasteiger partial charge in [0, 0.05) is 26.5 Å². The molecule has 2 aromatic carbocycles. The van der Waals surface area contributed by atoms with Crippen LogP contribution in [0.25, 0.3) is 6.08 Å². The first-order valence-electron chi connectivity index (χ1n) is 8.97. The van der Waals surface area contributed by atoms with E-state index in [2.05, 4.69) is 5.32 Å². The van der Waals surface area contributed by atoms with E-state index in [0.29, 0.717) is 18.5 Å². The second-order valence-electron chi connectivity index (χ2n) is 6.12. The molecule has 0 bridgehead atoms. The number of nitrogens with one attached hydrogen (secondary N) is 1. The van der Waals surface area contributed by atoms with E-state index in [1.165, 1.54) is 32.1 Å². The fraction of sp³-hybridized carbons (Fsp3) is 0.227. The Bertz CT molecular complexity index is 902. The first kappa shape index (κ1) is 21.7.